The van der Waals surface area contributed by atoms with E-state index in [1.54, 1.807) is 30.3 Å². The molecule has 2 aromatic carbocycles. The van der Waals surface area contributed by atoms with E-state index < -0.39 is 11.7 Å². The first kappa shape index (κ1) is 19.7. The summed E-state index contributed by atoms with van der Waals surface area (Å²) in [4.78, 5) is 25.4. The number of amides is 2. The third-order valence-corrected chi connectivity index (χ3v) is 4.55. The van der Waals surface area contributed by atoms with Crippen molar-refractivity contribution in [3.05, 3.63) is 59.7 Å². The lowest BCUT2D eigenvalue weighted by Crippen LogP contribution is -2.30. The van der Waals surface area contributed by atoms with Gasteiger partial charge < -0.3 is 15.0 Å². The number of hydrogen-bond acceptors (Lipinski definition) is 3. The zero-order valence-corrected chi connectivity index (χ0v) is 15.1. The molecule has 1 atom stereocenters. The minimum absolute atomic E-state index is 0.00927. The minimum atomic E-state index is -4.40. The van der Waals surface area contributed by atoms with Gasteiger partial charge in [-0.1, -0.05) is 12.1 Å². The van der Waals surface area contributed by atoms with Gasteiger partial charge in [-0.05, 0) is 42.0 Å². The molecule has 1 saturated heterocycles. The largest absolute Gasteiger partial charge is 0.489 e. The highest BCUT2D eigenvalue weighted by molar-refractivity contribution is 6.00. The van der Waals surface area contributed by atoms with Gasteiger partial charge in [-0.25, -0.2) is 0 Å². The first-order chi connectivity index (χ1) is 13.3. The van der Waals surface area contributed by atoms with E-state index in [1.165, 1.54) is 18.0 Å². The standard InChI is InChI=1S/C20H19F3N2O3/c1-24-19(27)14-10-18(26)25(11-14)16-5-7-17(8-6-16)28-12-13-3-2-4-15(9-13)20(21,22)23/h2-9,14H,10-12H2,1H3,(H,24,27). The monoisotopic (exact) mass is 392 g/mol. The Labute approximate surface area is 160 Å². The van der Waals surface area contributed by atoms with Gasteiger partial charge in [-0.15, -0.1) is 0 Å². The molecule has 0 spiro atoms. The average Bonchev–Trinajstić information content (AvgIpc) is 3.07. The molecule has 0 aromatic heterocycles. The molecular formula is C20H19F3N2O3. The molecule has 3 rings (SSSR count). The lowest BCUT2D eigenvalue weighted by atomic mass is 10.1. The molecule has 0 bridgehead atoms. The molecule has 2 aromatic rings. The zero-order valence-electron chi connectivity index (χ0n) is 15.1. The van der Waals surface area contributed by atoms with Crippen LogP contribution < -0.4 is 15.0 Å². The molecule has 5 nitrogen and oxygen atoms in total. The quantitative estimate of drug-likeness (QED) is 0.849. The summed E-state index contributed by atoms with van der Waals surface area (Å²) >= 11 is 0. The SMILES string of the molecule is CNC(=O)C1CC(=O)N(c2ccc(OCc3cccc(C(F)(F)F)c3)cc2)C1. The second kappa shape index (κ2) is 7.92. The number of ether oxygens (including phenoxy) is 1. The van der Waals surface area contributed by atoms with Crippen LogP contribution in [-0.2, 0) is 22.4 Å². The maximum atomic E-state index is 12.8. The van der Waals surface area contributed by atoms with E-state index in [2.05, 4.69) is 5.32 Å². The van der Waals surface area contributed by atoms with E-state index in [-0.39, 0.29) is 30.8 Å². The van der Waals surface area contributed by atoms with Crippen LogP contribution >= 0.6 is 0 Å². The second-order valence-corrected chi connectivity index (χ2v) is 6.50. The van der Waals surface area contributed by atoms with Crippen molar-refractivity contribution in [1.29, 1.82) is 0 Å². The molecule has 2 amide bonds. The third kappa shape index (κ3) is 4.44. The van der Waals surface area contributed by atoms with Crippen LogP contribution in [-0.4, -0.2) is 25.4 Å². The van der Waals surface area contributed by atoms with Crippen molar-refractivity contribution in [2.45, 2.75) is 19.2 Å². The van der Waals surface area contributed by atoms with Crippen molar-refractivity contribution < 1.29 is 27.5 Å². The van der Waals surface area contributed by atoms with Crippen molar-refractivity contribution in [2.24, 2.45) is 5.92 Å². The van der Waals surface area contributed by atoms with E-state index >= 15 is 0 Å². The van der Waals surface area contributed by atoms with Crippen LogP contribution in [0.1, 0.15) is 17.5 Å². The number of nitrogens with one attached hydrogen (secondary N) is 1. The van der Waals surface area contributed by atoms with Crippen molar-refractivity contribution in [3.63, 3.8) is 0 Å². The smallest absolute Gasteiger partial charge is 0.416 e. The summed E-state index contributed by atoms with van der Waals surface area (Å²) in [5.74, 6) is -0.215. The number of nitrogens with zero attached hydrogens (tertiary/aromatic N) is 1. The normalized spacial score (nSPS) is 16.9. The van der Waals surface area contributed by atoms with Gasteiger partial charge in [0.15, 0.2) is 0 Å². The molecule has 1 heterocycles. The molecule has 1 aliphatic heterocycles. The Hall–Kier alpha value is -3.03. The third-order valence-electron chi connectivity index (χ3n) is 4.55. The first-order valence-corrected chi connectivity index (χ1v) is 8.69. The summed E-state index contributed by atoms with van der Waals surface area (Å²) in [7, 11) is 1.53. The zero-order chi connectivity index (χ0) is 20.3. The fourth-order valence-electron chi connectivity index (χ4n) is 3.06. The molecule has 1 aliphatic rings. The molecule has 0 aliphatic carbocycles. The van der Waals surface area contributed by atoms with E-state index in [4.69, 9.17) is 4.74 Å². The molecule has 1 N–H and O–H groups in total. The highest BCUT2D eigenvalue weighted by atomic mass is 19.4. The molecule has 0 radical (unpaired) electrons. The summed E-state index contributed by atoms with van der Waals surface area (Å²) in [6.07, 6.45) is -4.24. The summed E-state index contributed by atoms with van der Waals surface area (Å²) < 4.78 is 43.8. The Kier molecular flexibility index (Phi) is 5.58. The number of rotatable bonds is 5. The summed E-state index contributed by atoms with van der Waals surface area (Å²) in [6.45, 7) is 0.299. The summed E-state index contributed by atoms with van der Waals surface area (Å²) in [5, 5.41) is 2.55. The van der Waals surface area contributed by atoms with Crippen molar-refractivity contribution in [1.82, 2.24) is 5.32 Å². The molecular weight excluding hydrogens is 373 g/mol. The van der Waals surface area contributed by atoms with Gasteiger partial charge in [0.25, 0.3) is 0 Å². The van der Waals surface area contributed by atoms with Gasteiger partial charge in [-0.2, -0.15) is 13.2 Å². The Morgan fingerprint density at radius 1 is 1.21 bits per heavy atom. The van der Waals surface area contributed by atoms with Gasteiger partial charge in [0, 0.05) is 25.7 Å². The Morgan fingerprint density at radius 2 is 1.93 bits per heavy atom. The van der Waals surface area contributed by atoms with Crippen LogP contribution in [0.5, 0.6) is 5.75 Å². The Bertz CT molecular complexity index is 866. The van der Waals surface area contributed by atoms with Crippen LogP contribution in [0.2, 0.25) is 0 Å². The number of hydrogen-bond donors (Lipinski definition) is 1. The summed E-state index contributed by atoms with van der Waals surface area (Å²) in [5.41, 5.74) is 0.326. The van der Waals surface area contributed by atoms with Crippen LogP contribution in [0.3, 0.4) is 0 Å². The fourth-order valence-corrected chi connectivity index (χ4v) is 3.06. The lowest BCUT2D eigenvalue weighted by molar-refractivity contribution is -0.137. The lowest BCUT2D eigenvalue weighted by Gasteiger charge is -2.17. The fraction of sp³-hybridized carbons (Fsp3) is 0.300. The maximum absolute atomic E-state index is 12.8. The van der Waals surface area contributed by atoms with Crippen LogP contribution in [0.15, 0.2) is 48.5 Å². The predicted molar refractivity (Wildman–Crippen MR) is 96.7 cm³/mol. The number of benzene rings is 2. The van der Waals surface area contributed by atoms with Crippen molar-refractivity contribution in [2.75, 3.05) is 18.5 Å². The van der Waals surface area contributed by atoms with Crippen molar-refractivity contribution in [3.8, 4) is 5.75 Å². The van der Waals surface area contributed by atoms with Crippen LogP contribution in [0.4, 0.5) is 18.9 Å². The predicted octanol–water partition coefficient (Wildman–Crippen LogP) is 3.38. The van der Waals surface area contributed by atoms with Crippen molar-refractivity contribution >= 4 is 17.5 Å². The number of carbonyl (C=O) groups excluding carboxylic acids is 2. The van der Waals surface area contributed by atoms with E-state index in [0.29, 0.717) is 23.5 Å². The Balaban J connectivity index is 1.62. The van der Waals surface area contributed by atoms with Gasteiger partial charge in [0.2, 0.25) is 11.8 Å². The number of halogens is 3. The van der Waals surface area contributed by atoms with Gasteiger partial charge in [0.05, 0.1) is 11.5 Å². The molecule has 1 fully saturated rings. The van der Waals surface area contributed by atoms with Gasteiger partial charge in [-0.3, -0.25) is 9.59 Å². The molecule has 148 valence electrons. The highest BCUT2D eigenvalue weighted by Crippen LogP contribution is 2.30. The topological polar surface area (TPSA) is 58.6 Å². The first-order valence-electron chi connectivity index (χ1n) is 8.69. The van der Waals surface area contributed by atoms with Crippen LogP contribution in [0.25, 0.3) is 0 Å². The number of carbonyl (C=O) groups is 2. The Morgan fingerprint density at radius 3 is 2.57 bits per heavy atom. The van der Waals surface area contributed by atoms with E-state index in [0.717, 1.165) is 12.1 Å². The van der Waals surface area contributed by atoms with E-state index in [9.17, 15) is 22.8 Å². The molecule has 0 saturated carbocycles. The molecule has 8 heteroatoms. The maximum Gasteiger partial charge on any atom is 0.416 e. The molecule has 28 heavy (non-hydrogen) atoms. The highest BCUT2D eigenvalue weighted by Gasteiger charge is 2.34. The number of alkyl halides is 3. The van der Waals surface area contributed by atoms with E-state index in [1.807, 2.05) is 0 Å². The van der Waals surface area contributed by atoms with Gasteiger partial charge >= 0.3 is 6.18 Å². The second-order valence-electron chi connectivity index (χ2n) is 6.50. The molecule has 1 unspecified atom stereocenters. The van der Waals surface area contributed by atoms with Gasteiger partial charge in [0.1, 0.15) is 12.4 Å². The number of anilines is 1. The minimum Gasteiger partial charge on any atom is -0.489 e. The summed E-state index contributed by atoms with van der Waals surface area (Å²) in [6, 6.07) is 11.6. The average molecular weight is 392 g/mol. The van der Waals surface area contributed by atoms with Crippen LogP contribution in [0, 0.1) is 5.92 Å².